The first-order chi connectivity index (χ1) is 11.6. The van der Waals surface area contributed by atoms with E-state index in [0.717, 1.165) is 34.6 Å². The number of nitrogens with zero attached hydrogens (tertiary/aromatic N) is 2. The first kappa shape index (κ1) is 16.1. The molecule has 2 aromatic rings. The first-order valence-electron chi connectivity index (χ1n) is 9.08. The third-order valence-corrected chi connectivity index (χ3v) is 6.07. The molecule has 1 amide bonds. The fourth-order valence-electron chi connectivity index (χ4n) is 4.22. The highest BCUT2D eigenvalue weighted by molar-refractivity contribution is 9.10. The average Bonchev–Trinajstić information content (AvgIpc) is 2.94. The number of imidazole rings is 1. The molecule has 1 aromatic carbocycles. The van der Waals surface area contributed by atoms with Gasteiger partial charge in [0, 0.05) is 16.9 Å². The highest BCUT2D eigenvalue weighted by atomic mass is 79.9. The zero-order chi connectivity index (χ0) is 16.7. The van der Waals surface area contributed by atoms with Gasteiger partial charge in [-0.3, -0.25) is 4.79 Å². The summed E-state index contributed by atoms with van der Waals surface area (Å²) in [5.74, 6) is 2.03. The molecule has 2 fully saturated rings. The van der Waals surface area contributed by atoms with Crippen LogP contribution in [0.1, 0.15) is 69.8 Å². The maximum Gasteiger partial charge on any atom is 0.220 e. The summed E-state index contributed by atoms with van der Waals surface area (Å²) in [5, 5.41) is 3.16. The predicted molar refractivity (Wildman–Crippen MR) is 98.8 cm³/mol. The Bertz CT molecular complexity index is 761. The molecule has 4 rings (SSSR count). The lowest BCUT2D eigenvalue weighted by atomic mass is 9.87. The van der Waals surface area contributed by atoms with E-state index in [-0.39, 0.29) is 11.9 Å². The van der Waals surface area contributed by atoms with Crippen LogP contribution in [0.15, 0.2) is 22.7 Å². The molecule has 2 heterocycles. The second-order valence-corrected chi connectivity index (χ2v) is 8.31. The Morgan fingerprint density at radius 2 is 2.00 bits per heavy atom. The van der Waals surface area contributed by atoms with E-state index in [1.54, 1.807) is 0 Å². The molecular formula is C19H24BrN3O. The van der Waals surface area contributed by atoms with Gasteiger partial charge in [-0.05, 0) is 62.6 Å². The van der Waals surface area contributed by atoms with Crippen molar-refractivity contribution in [3.8, 4) is 0 Å². The fourth-order valence-corrected chi connectivity index (χ4v) is 4.57. The van der Waals surface area contributed by atoms with Crippen LogP contribution in [0.4, 0.5) is 0 Å². The lowest BCUT2D eigenvalue weighted by Gasteiger charge is -2.31. The van der Waals surface area contributed by atoms with Crippen LogP contribution < -0.4 is 5.32 Å². The van der Waals surface area contributed by atoms with E-state index in [0.29, 0.717) is 12.5 Å². The van der Waals surface area contributed by atoms with E-state index in [4.69, 9.17) is 4.98 Å². The van der Waals surface area contributed by atoms with Crippen molar-refractivity contribution < 1.29 is 4.79 Å². The van der Waals surface area contributed by atoms with Crippen LogP contribution in [-0.4, -0.2) is 15.5 Å². The zero-order valence-electron chi connectivity index (χ0n) is 14.1. The number of benzene rings is 1. The fraction of sp³-hybridized carbons (Fsp3) is 0.579. The van der Waals surface area contributed by atoms with Gasteiger partial charge in [0.2, 0.25) is 5.91 Å². The standard InChI is InChI=1S/C19H24BrN3O/c1-12-5-8-14(9-6-12)23-17-10-7-13(20)11-16(17)22-19(23)15-3-2-4-18(24)21-15/h7,10-12,14-15H,2-6,8-9H2,1H3,(H,21,24). The Hall–Kier alpha value is -1.36. The van der Waals surface area contributed by atoms with Crippen LogP contribution in [-0.2, 0) is 4.79 Å². The van der Waals surface area contributed by atoms with Gasteiger partial charge in [-0.25, -0.2) is 4.98 Å². The molecule has 128 valence electrons. The zero-order valence-corrected chi connectivity index (χ0v) is 15.7. The van der Waals surface area contributed by atoms with Crippen molar-refractivity contribution in [1.29, 1.82) is 0 Å². The average molecular weight is 390 g/mol. The van der Waals surface area contributed by atoms with Crippen molar-refractivity contribution in [1.82, 2.24) is 14.9 Å². The summed E-state index contributed by atoms with van der Waals surface area (Å²) in [7, 11) is 0. The lowest BCUT2D eigenvalue weighted by Crippen LogP contribution is -2.34. The van der Waals surface area contributed by atoms with Gasteiger partial charge in [-0.1, -0.05) is 22.9 Å². The topological polar surface area (TPSA) is 46.9 Å². The molecule has 0 bridgehead atoms. The lowest BCUT2D eigenvalue weighted by molar-refractivity contribution is -0.123. The summed E-state index contributed by atoms with van der Waals surface area (Å²) in [6.45, 7) is 2.35. The van der Waals surface area contributed by atoms with Gasteiger partial charge in [0.15, 0.2) is 0 Å². The number of halogens is 1. The maximum atomic E-state index is 11.9. The van der Waals surface area contributed by atoms with E-state index < -0.39 is 0 Å². The van der Waals surface area contributed by atoms with Crippen LogP contribution >= 0.6 is 15.9 Å². The molecule has 1 saturated heterocycles. The largest absolute Gasteiger partial charge is 0.346 e. The number of carbonyl (C=O) groups is 1. The summed E-state index contributed by atoms with van der Waals surface area (Å²) in [4.78, 5) is 16.8. The Labute approximate surface area is 151 Å². The number of hydrogen-bond acceptors (Lipinski definition) is 2. The molecule has 5 heteroatoms. The summed E-state index contributed by atoms with van der Waals surface area (Å²) < 4.78 is 3.49. The number of rotatable bonds is 2. The highest BCUT2D eigenvalue weighted by Crippen LogP contribution is 2.38. The number of aromatic nitrogens is 2. The smallest absolute Gasteiger partial charge is 0.220 e. The van der Waals surface area contributed by atoms with Crippen molar-refractivity contribution in [3.63, 3.8) is 0 Å². The van der Waals surface area contributed by atoms with Gasteiger partial charge in [0.25, 0.3) is 0 Å². The monoisotopic (exact) mass is 389 g/mol. The van der Waals surface area contributed by atoms with Gasteiger partial charge in [0.1, 0.15) is 5.82 Å². The number of piperidine rings is 1. The van der Waals surface area contributed by atoms with Crippen molar-refractivity contribution in [3.05, 3.63) is 28.5 Å². The van der Waals surface area contributed by atoms with Gasteiger partial charge in [-0.2, -0.15) is 0 Å². The van der Waals surface area contributed by atoms with Gasteiger partial charge in [0.05, 0.1) is 17.1 Å². The summed E-state index contributed by atoms with van der Waals surface area (Å²) in [6.07, 6.45) is 7.54. The van der Waals surface area contributed by atoms with Crippen molar-refractivity contribution in [2.24, 2.45) is 5.92 Å². The molecule has 2 aliphatic rings. The van der Waals surface area contributed by atoms with Crippen molar-refractivity contribution >= 4 is 32.9 Å². The number of hydrogen-bond donors (Lipinski definition) is 1. The van der Waals surface area contributed by atoms with E-state index in [2.05, 4.69) is 50.9 Å². The summed E-state index contributed by atoms with van der Waals surface area (Å²) in [5.41, 5.74) is 2.23. The number of amides is 1. The molecule has 1 atom stereocenters. The molecular weight excluding hydrogens is 366 g/mol. The van der Waals surface area contributed by atoms with E-state index in [9.17, 15) is 4.79 Å². The van der Waals surface area contributed by atoms with Crippen LogP contribution in [0.3, 0.4) is 0 Å². The third kappa shape index (κ3) is 2.99. The van der Waals surface area contributed by atoms with Crippen LogP contribution in [0.25, 0.3) is 11.0 Å². The molecule has 24 heavy (non-hydrogen) atoms. The Morgan fingerprint density at radius 3 is 2.75 bits per heavy atom. The van der Waals surface area contributed by atoms with Crippen LogP contribution in [0, 0.1) is 5.92 Å². The molecule has 4 nitrogen and oxygen atoms in total. The van der Waals surface area contributed by atoms with Gasteiger partial charge >= 0.3 is 0 Å². The second kappa shape index (κ2) is 6.51. The van der Waals surface area contributed by atoms with Crippen molar-refractivity contribution in [2.45, 2.75) is 64.0 Å². The minimum Gasteiger partial charge on any atom is -0.346 e. The third-order valence-electron chi connectivity index (χ3n) is 5.57. The molecule has 1 saturated carbocycles. The van der Waals surface area contributed by atoms with E-state index in [1.165, 1.54) is 31.2 Å². The number of carbonyl (C=O) groups excluding carboxylic acids is 1. The summed E-state index contributed by atoms with van der Waals surface area (Å²) in [6, 6.07) is 6.90. The minimum atomic E-state index is 0.0526. The van der Waals surface area contributed by atoms with Crippen molar-refractivity contribution in [2.75, 3.05) is 0 Å². The van der Waals surface area contributed by atoms with E-state index >= 15 is 0 Å². The predicted octanol–water partition coefficient (Wildman–Crippen LogP) is 4.89. The Morgan fingerprint density at radius 1 is 1.21 bits per heavy atom. The highest BCUT2D eigenvalue weighted by Gasteiger charge is 2.29. The van der Waals surface area contributed by atoms with Crippen LogP contribution in [0.5, 0.6) is 0 Å². The molecule has 1 unspecified atom stereocenters. The Balaban J connectivity index is 1.79. The van der Waals surface area contributed by atoms with Gasteiger partial charge in [-0.15, -0.1) is 0 Å². The number of fused-ring (bicyclic) bond motifs is 1. The molecule has 1 aliphatic heterocycles. The molecule has 1 aromatic heterocycles. The normalized spacial score (nSPS) is 28.1. The minimum absolute atomic E-state index is 0.0526. The van der Waals surface area contributed by atoms with Crippen LogP contribution in [0.2, 0.25) is 0 Å². The molecule has 0 spiro atoms. The quantitative estimate of drug-likeness (QED) is 0.794. The first-order valence-corrected chi connectivity index (χ1v) is 9.88. The summed E-state index contributed by atoms with van der Waals surface area (Å²) >= 11 is 3.56. The maximum absolute atomic E-state index is 11.9. The van der Waals surface area contributed by atoms with Gasteiger partial charge < -0.3 is 9.88 Å². The molecule has 1 N–H and O–H groups in total. The second-order valence-electron chi connectivity index (χ2n) is 7.40. The van der Waals surface area contributed by atoms with E-state index in [1.807, 2.05) is 0 Å². The SMILES string of the molecule is CC1CCC(n2c(C3CCCC(=O)N3)nc3cc(Br)ccc32)CC1. The molecule has 1 aliphatic carbocycles. The number of nitrogens with one attached hydrogen (secondary N) is 1. The Kier molecular flexibility index (Phi) is 4.37. The molecule has 0 radical (unpaired) electrons.